The highest BCUT2D eigenvalue weighted by Crippen LogP contribution is 2.08. The molecule has 0 bridgehead atoms. The predicted molar refractivity (Wildman–Crippen MR) is 86.4 cm³/mol. The number of nitrogens with one attached hydrogen (secondary N) is 2. The van der Waals surface area contributed by atoms with E-state index in [-0.39, 0.29) is 5.75 Å². The van der Waals surface area contributed by atoms with Gasteiger partial charge in [0.15, 0.2) is 0 Å². The fourth-order valence-corrected chi connectivity index (χ4v) is 2.82. The first-order valence-corrected chi connectivity index (χ1v) is 8.31. The maximum atomic E-state index is 11.9. The second-order valence-electron chi connectivity index (χ2n) is 4.71. The molecule has 0 heterocycles. The molecule has 0 aliphatic rings. The van der Waals surface area contributed by atoms with E-state index in [1.807, 2.05) is 30.3 Å². The molecule has 0 unspecified atom stereocenters. The molecule has 0 atom stereocenters. The molecule has 0 amide bonds. The minimum atomic E-state index is -3.33. The smallest absolute Gasteiger partial charge is 0.233 e. The van der Waals surface area contributed by atoms with Gasteiger partial charge in [-0.25, -0.2) is 8.42 Å². The van der Waals surface area contributed by atoms with Crippen molar-refractivity contribution in [2.75, 3.05) is 22.8 Å². The third kappa shape index (κ3) is 5.45. The molecule has 0 aromatic heterocycles. The van der Waals surface area contributed by atoms with Crippen LogP contribution in [-0.2, 0) is 16.6 Å². The van der Waals surface area contributed by atoms with Crippen LogP contribution in [0, 0.1) is 0 Å². The van der Waals surface area contributed by atoms with Gasteiger partial charge < -0.3 is 11.1 Å². The summed E-state index contributed by atoms with van der Waals surface area (Å²) in [7, 11) is -3.33. The first kappa shape index (κ1) is 15.3. The second-order valence-corrected chi connectivity index (χ2v) is 6.55. The third-order valence-corrected chi connectivity index (χ3v) is 4.19. The molecule has 21 heavy (non-hydrogen) atoms. The Morgan fingerprint density at radius 2 is 1.62 bits per heavy atom. The number of hydrogen-bond donors (Lipinski definition) is 3. The van der Waals surface area contributed by atoms with Crippen LogP contribution in [0.2, 0.25) is 0 Å². The second kappa shape index (κ2) is 7.10. The van der Waals surface area contributed by atoms with Crippen molar-refractivity contribution in [2.45, 2.75) is 6.54 Å². The summed E-state index contributed by atoms with van der Waals surface area (Å²) < 4.78 is 26.3. The summed E-state index contributed by atoms with van der Waals surface area (Å²) >= 11 is 0. The molecule has 2 rings (SSSR count). The Labute approximate surface area is 125 Å². The highest BCUT2D eigenvalue weighted by molar-refractivity contribution is 7.92. The fraction of sp³-hybridized carbons (Fsp3) is 0.200. The lowest BCUT2D eigenvalue weighted by molar-refractivity contribution is 0.595. The summed E-state index contributed by atoms with van der Waals surface area (Å²) in [5.41, 5.74) is 7.97. The standard InChI is InChI=1S/C15H19N3O2S/c16-14-8-6-13(7-9-14)12-17-10-11-21(19,20)18-15-4-2-1-3-5-15/h1-9,17-18H,10-12,16H2. The van der Waals surface area contributed by atoms with Gasteiger partial charge in [-0.2, -0.15) is 0 Å². The lowest BCUT2D eigenvalue weighted by Crippen LogP contribution is -2.26. The van der Waals surface area contributed by atoms with Gasteiger partial charge in [0.1, 0.15) is 0 Å². The van der Waals surface area contributed by atoms with Crippen molar-refractivity contribution in [1.29, 1.82) is 0 Å². The van der Waals surface area contributed by atoms with E-state index in [2.05, 4.69) is 10.0 Å². The monoisotopic (exact) mass is 305 g/mol. The lowest BCUT2D eigenvalue weighted by atomic mass is 10.2. The Bertz CT molecular complexity index is 655. The molecule has 4 N–H and O–H groups in total. The van der Waals surface area contributed by atoms with Gasteiger partial charge in [-0.3, -0.25) is 4.72 Å². The van der Waals surface area contributed by atoms with Crippen molar-refractivity contribution in [3.8, 4) is 0 Å². The van der Waals surface area contributed by atoms with Gasteiger partial charge in [-0.15, -0.1) is 0 Å². The van der Waals surface area contributed by atoms with Crippen LogP contribution in [0.3, 0.4) is 0 Å². The number of hydrogen-bond acceptors (Lipinski definition) is 4. The topological polar surface area (TPSA) is 84.2 Å². The predicted octanol–water partition coefficient (Wildman–Crippen LogP) is 1.80. The number of nitrogen functional groups attached to an aromatic ring is 1. The first-order valence-electron chi connectivity index (χ1n) is 6.66. The van der Waals surface area contributed by atoms with E-state index < -0.39 is 10.0 Å². The molecule has 112 valence electrons. The van der Waals surface area contributed by atoms with E-state index in [0.717, 1.165) is 5.56 Å². The first-order chi connectivity index (χ1) is 10.1. The zero-order chi connectivity index (χ0) is 15.1. The molecule has 0 saturated heterocycles. The average molecular weight is 305 g/mol. The van der Waals surface area contributed by atoms with E-state index in [9.17, 15) is 8.42 Å². The van der Waals surface area contributed by atoms with E-state index in [1.54, 1.807) is 24.3 Å². The Balaban J connectivity index is 1.76. The van der Waals surface area contributed by atoms with Crippen molar-refractivity contribution in [3.63, 3.8) is 0 Å². The Kier molecular flexibility index (Phi) is 5.19. The average Bonchev–Trinajstić information content (AvgIpc) is 2.46. The van der Waals surface area contributed by atoms with Gasteiger partial charge >= 0.3 is 0 Å². The maximum Gasteiger partial charge on any atom is 0.233 e. The van der Waals surface area contributed by atoms with Crippen LogP contribution in [0.4, 0.5) is 11.4 Å². The molecule has 0 saturated carbocycles. The number of anilines is 2. The van der Waals surface area contributed by atoms with Gasteiger partial charge in [-0.05, 0) is 29.8 Å². The Morgan fingerprint density at radius 1 is 0.952 bits per heavy atom. The van der Waals surface area contributed by atoms with E-state index in [0.29, 0.717) is 24.5 Å². The fourth-order valence-electron chi connectivity index (χ4n) is 1.81. The SMILES string of the molecule is Nc1ccc(CNCCS(=O)(=O)Nc2ccccc2)cc1. The molecule has 6 heteroatoms. The molecule has 0 aliphatic heterocycles. The van der Waals surface area contributed by atoms with Crippen LogP contribution in [0.5, 0.6) is 0 Å². The molecule has 2 aromatic rings. The molecule has 0 aliphatic carbocycles. The van der Waals surface area contributed by atoms with Crippen molar-refractivity contribution in [3.05, 3.63) is 60.2 Å². The zero-order valence-corrected chi connectivity index (χ0v) is 12.4. The van der Waals surface area contributed by atoms with Gasteiger partial charge in [0.25, 0.3) is 0 Å². The largest absolute Gasteiger partial charge is 0.399 e. The summed E-state index contributed by atoms with van der Waals surface area (Å²) in [5.74, 6) is 0.0247. The Hall–Kier alpha value is -2.05. The van der Waals surface area contributed by atoms with Crippen LogP contribution < -0.4 is 15.8 Å². The van der Waals surface area contributed by atoms with Crippen LogP contribution in [-0.4, -0.2) is 20.7 Å². The number of sulfonamides is 1. The Morgan fingerprint density at radius 3 is 2.29 bits per heavy atom. The van der Waals surface area contributed by atoms with Crippen LogP contribution in [0.15, 0.2) is 54.6 Å². The number of para-hydroxylation sites is 1. The molecule has 5 nitrogen and oxygen atoms in total. The number of nitrogens with two attached hydrogens (primary N) is 1. The van der Waals surface area contributed by atoms with Crippen LogP contribution in [0.1, 0.15) is 5.56 Å². The molecule has 0 spiro atoms. The van der Waals surface area contributed by atoms with Crippen LogP contribution >= 0.6 is 0 Å². The van der Waals surface area contributed by atoms with Gasteiger partial charge in [0, 0.05) is 24.5 Å². The van der Waals surface area contributed by atoms with E-state index >= 15 is 0 Å². The third-order valence-electron chi connectivity index (χ3n) is 2.90. The van der Waals surface area contributed by atoms with Gasteiger partial charge in [0.2, 0.25) is 10.0 Å². The quantitative estimate of drug-likeness (QED) is 0.538. The number of benzene rings is 2. The molecule has 2 aromatic carbocycles. The zero-order valence-electron chi connectivity index (χ0n) is 11.6. The molecular formula is C15H19N3O2S. The van der Waals surface area contributed by atoms with Gasteiger partial charge in [0.05, 0.1) is 5.75 Å². The summed E-state index contributed by atoms with van der Waals surface area (Å²) in [5, 5.41) is 3.10. The lowest BCUT2D eigenvalue weighted by Gasteiger charge is -2.09. The van der Waals surface area contributed by atoms with Gasteiger partial charge in [-0.1, -0.05) is 30.3 Å². The van der Waals surface area contributed by atoms with E-state index in [1.165, 1.54) is 0 Å². The number of rotatable bonds is 7. The van der Waals surface area contributed by atoms with Crippen molar-refractivity contribution < 1.29 is 8.42 Å². The molecule has 0 radical (unpaired) electrons. The highest BCUT2D eigenvalue weighted by Gasteiger charge is 2.09. The summed E-state index contributed by atoms with van der Waals surface area (Å²) in [6.45, 7) is 0.994. The highest BCUT2D eigenvalue weighted by atomic mass is 32.2. The minimum Gasteiger partial charge on any atom is -0.399 e. The molecule has 0 fully saturated rings. The summed E-state index contributed by atoms with van der Waals surface area (Å²) in [4.78, 5) is 0. The van der Waals surface area contributed by atoms with Crippen molar-refractivity contribution >= 4 is 21.4 Å². The summed E-state index contributed by atoms with van der Waals surface area (Å²) in [6, 6.07) is 16.3. The molecular weight excluding hydrogens is 286 g/mol. The maximum absolute atomic E-state index is 11.9. The minimum absolute atomic E-state index is 0.0247. The summed E-state index contributed by atoms with van der Waals surface area (Å²) in [6.07, 6.45) is 0. The van der Waals surface area contributed by atoms with Crippen LogP contribution in [0.25, 0.3) is 0 Å². The normalized spacial score (nSPS) is 11.2. The van der Waals surface area contributed by atoms with Crippen molar-refractivity contribution in [1.82, 2.24) is 5.32 Å². The van der Waals surface area contributed by atoms with E-state index in [4.69, 9.17) is 5.73 Å². The van der Waals surface area contributed by atoms with Crippen molar-refractivity contribution in [2.24, 2.45) is 0 Å².